The fourth-order valence-electron chi connectivity index (χ4n) is 0.386. The molecule has 0 aromatic rings. The van der Waals surface area contributed by atoms with Crippen LogP contribution in [0.25, 0.3) is 0 Å². The lowest BCUT2D eigenvalue weighted by atomic mass is 10.6. The van der Waals surface area contributed by atoms with Crippen molar-refractivity contribution in [1.82, 2.24) is 5.32 Å². The molecule has 0 atom stereocenters. The van der Waals surface area contributed by atoms with Crippen LogP contribution in [-0.2, 0) is 4.74 Å². The van der Waals surface area contributed by atoms with Gasteiger partial charge in [0.2, 0.25) is 0 Å². The van der Waals surface area contributed by atoms with Crippen molar-refractivity contribution in [2.45, 2.75) is 6.92 Å². The van der Waals surface area contributed by atoms with Gasteiger partial charge in [-0.05, 0) is 6.92 Å². The molecule has 0 spiro atoms. The predicted octanol–water partition coefficient (Wildman–Crippen LogP) is 0.499. The van der Waals surface area contributed by atoms with Gasteiger partial charge < -0.3 is 10.1 Å². The Bertz CT molecular complexity index is 115. The molecule has 0 aromatic carbocycles. The molecule has 0 heterocycles. The average molecular weight is 146 g/mol. The van der Waals surface area contributed by atoms with E-state index in [0.717, 1.165) is 0 Å². The van der Waals surface area contributed by atoms with Crippen LogP contribution in [0.15, 0.2) is 5.18 Å². The molecule has 0 radical (unpaired) electrons. The number of hydrogen-bond donors (Lipinski definition) is 1. The topological polar surface area (TPSA) is 67.8 Å². The molecule has 0 fully saturated rings. The second kappa shape index (κ2) is 6.00. The molecule has 5 nitrogen and oxygen atoms in total. The molecule has 0 unspecified atom stereocenters. The highest BCUT2D eigenvalue weighted by molar-refractivity contribution is 5.66. The molecule has 0 aliphatic heterocycles. The van der Waals surface area contributed by atoms with Gasteiger partial charge >= 0.3 is 6.09 Å². The number of hydrogen-bond acceptors (Lipinski definition) is 4. The summed E-state index contributed by atoms with van der Waals surface area (Å²) in [5, 5.41) is 4.88. The minimum atomic E-state index is -0.508. The zero-order valence-corrected chi connectivity index (χ0v) is 5.79. The Morgan fingerprint density at radius 2 is 2.40 bits per heavy atom. The van der Waals surface area contributed by atoms with Crippen molar-refractivity contribution < 1.29 is 9.53 Å². The predicted molar refractivity (Wildman–Crippen MR) is 35.7 cm³/mol. The van der Waals surface area contributed by atoms with Gasteiger partial charge in [-0.25, -0.2) is 4.79 Å². The molecular weight excluding hydrogens is 136 g/mol. The summed E-state index contributed by atoms with van der Waals surface area (Å²) in [4.78, 5) is 19.9. The van der Waals surface area contributed by atoms with E-state index in [0.29, 0.717) is 6.61 Å². The van der Waals surface area contributed by atoms with Crippen LogP contribution in [0.2, 0.25) is 0 Å². The van der Waals surface area contributed by atoms with E-state index in [1.165, 1.54) is 0 Å². The van der Waals surface area contributed by atoms with Gasteiger partial charge in [-0.1, -0.05) is 5.18 Å². The van der Waals surface area contributed by atoms with E-state index in [1.807, 2.05) is 0 Å². The van der Waals surface area contributed by atoms with Gasteiger partial charge in [0, 0.05) is 6.54 Å². The van der Waals surface area contributed by atoms with Gasteiger partial charge in [-0.3, -0.25) is 0 Å². The minimum Gasteiger partial charge on any atom is -0.450 e. The van der Waals surface area contributed by atoms with Gasteiger partial charge in [0.25, 0.3) is 0 Å². The van der Waals surface area contributed by atoms with Crippen molar-refractivity contribution >= 4 is 6.09 Å². The summed E-state index contributed by atoms with van der Waals surface area (Å²) in [7, 11) is 0. The largest absolute Gasteiger partial charge is 0.450 e. The number of amides is 1. The molecule has 1 amide bonds. The molecule has 0 aromatic heterocycles. The summed E-state index contributed by atoms with van der Waals surface area (Å²) in [5.74, 6) is 0. The van der Waals surface area contributed by atoms with Crippen molar-refractivity contribution in [3.63, 3.8) is 0 Å². The molecule has 0 saturated heterocycles. The lowest BCUT2D eigenvalue weighted by Crippen LogP contribution is -2.26. The Balaban J connectivity index is 3.13. The van der Waals surface area contributed by atoms with Crippen LogP contribution < -0.4 is 5.32 Å². The molecular formula is C5H10N2O3. The SMILES string of the molecule is CCOC(=O)NCCN=O. The first kappa shape index (κ1) is 8.87. The van der Waals surface area contributed by atoms with Crippen molar-refractivity contribution in [2.24, 2.45) is 5.18 Å². The Hall–Kier alpha value is -1.13. The highest BCUT2D eigenvalue weighted by atomic mass is 16.5. The number of carbonyl (C=O) groups is 1. The molecule has 0 aliphatic carbocycles. The number of nitroso groups, excluding NO2 is 1. The van der Waals surface area contributed by atoms with Crippen molar-refractivity contribution in [2.75, 3.05) is 19.7 Å². The molecule has 0 saturated carbocycles. The van der Waals surface area contributed by atoms with E-state index in [4.69, 9.17) is 0 Å². The van der Waals surface area contributed by atoms with E-state index in [9.17, 15) is 9.70 Å². The van der Waals surface area contributed by atoms with Crippen LogP contribution in [-0.4, -0.2) is 25.8 Å². The average Bonchev–Trinajstić information content (AvgIpc) is 1.89. The third-order valence-corrected chi connectivity index (χ3v) is 0.748. The van der Waals surface area contributed by atoms with E-state index in [-0.39, 0.29) is 13.1 Å². The van der Waals surface area contributed by atoms with Gasteiger partial charge in [0.15, 0.2) is 0 Å². The zero-order valence-electron chi connectivity index (χ0n) is 5.79. The molecule has 58 valence electrons. The lowest BCUT2D eigenvalue weighted by Gasteiger charge is -2.00. The van der Waals surface area contributed by atoms with Crippen LogP contribution >= 0.6 is 0 Å². The summed E-state index contributed by atoms with van der Waals surface area (Å²) in [5.41, 5.74) is 0. The highest BCUT2D eigenvalue weighted by Crippen LogP contribution is 1.74. The number of nitrogens with zero attached hydrogens (tertiary/aromatic N) is 1. The van der Waals surface area contributed by atoms with Crippen LogP contribution in [0.3, 0.4) is 0 Å². The van der Waals surface area contributed by atoms with Crippen molar-refractivity contribution in [3.05, 3.63) is 4.91 Å². The molecule has 0 rings (SSSR count). The monoisotopic (exact) mass is 146 g/mol. The molecule has 0 aliphatic rings. The lowest BCUT2D eigenvalue weighted by molar-refractivity contribution is 0.152. The molecule has 10 heavy (non-hydrogen) atoms. The Kier molecular flexibility index (Phi) is 5.32. The molecule has 0 bridgehead atoms. The quantitative estimate of drug-likeness (QED) is 0.463. The number of ether oxygens (including phenoxy) is 1. The highest BCUT2D eigenvalue weighted by Gasteiger charge is 1.96. The standard InChI is InChI=1S/C5H10N2O3/c1-2-10-5(8)6-3-4-7-9/h2-4H2,1H3,(H,6,8). The van der Waals surface area contributed by atoms with Gasteiger partial charge in [0.05, 0.1) is 13.2 Å². The maximum absolute atomic E-state index is 10.4. The van der Waals surface area contributed by atoms with Crippen molar-refractivity contribution in [3.8, 4) is 0 Å². The van der Waals surface area contributed by atoms with Crippen LogP contribution in [0, 0.1) is 4.91 Å². The number of alkyl carbamates (subject to hydrolysis) is 1. The van der Waals surface area contributed by atoms with E-state index in [1.54, 1.807) is 6.92 Å². The van der Waals surface area contributed by atoms with Gasteiger partial charge in [-0.15, -0.1) is 0 Å². The minimum absolute atomic E-state index is 0.0822. The van der Waals surface area contributed by atoms with E-state index < -0.39 is 6.09 Å². The molecule has 5 heteroatoms. The summed E-state index contributed by atoms with van der Waals surface area (Å²) in [6, 6.07) is 0. The number of rotatable bonds is 4. The second-order valence-corrected chi connectivity index (χ2v) is 1.50. The maximum atomic E-state index is 10.4. The summed E-state index contributed by atoms with van der Waals surface area (Å²) in [6.07, 6.45) is -0.508. The molecule has 1 N–H and O–H groups in total. The van der Waals surface area contributed by atoms with Crippen molar-refractivity contribution in [1.29, 1.82) is 0 Å². The van der Waals surface area contributed by atoms with Gasteiger partial charge in [-0.2, -0.15) is 4.91 Å². The number of nitrogens with one attached hydrogen (secondary N) is 1. The second-order valence-electron chi connectivity index (χ2n) is 1.50. The summed E-state index contributed by atoms with van der Waals surface area (Å²) < 4.78 is 4.49. The van der Waals surface area contributed by atoms with Gasteiger partial charge in [0.1, 0.15) is 0 Å². The van der Waals surface area contributed by atoms with Crippen LogP contribution in [0.1, 0.15) is 6.92 Å². The fourth-order valence-corrected chi connectivity index (χ4v) is 0.386. The normalized spacial score (nSPS) is 8.50. The first-order valence-corrected chi connectivity index (χ1v) is 3.01. The first-order chi connectivity index (χ1) is 4.81. The Morgan fingerprint density at radius 3 is 2.90 bits per heavy atom. The Morgan fingerprint density at radius 1 is 1.70 bits per heavy atom. The first-order valence-electron chi connectivity index (χ1n) is 3.01. The smallest absolute Gasteiger partial charge is 0.407 e. The zero-order chi connectivity index (χ0) is 7.82. The fraction of sp³-hybridized carbons (Fsp3) is 0.800. The van der Waals surface area contributed by atoms with E-state index in [2.05, 4.69) is 15.2 Å². The van der Waals surface area contributed by atoms with Crippen LogP contribution in [0.5, 0.6) is 0 Å². The van der Waals surface area contributed by atoms with Crippen LogP contribution in [0.4, 0.5) is 4.79 Å². The third kappa shape index (κ3) is 5.02. The van der Waals surface area contributed by atoms with E-state index >= 15 is 0 Å². The summed E-state index contributed by atoms with van der Waals surface area (Å²) in [6.45, 7) is 2.36. The number of carbonyl (C=O) groups excluding carboxylic acids is 1. The maximum Gasteiger partial charge on any atom is 0.407 e. The summed E-state index contributed by atoms with van der Waals surface area (Å²) >= 11 is 0. The Labute approximate surface area is 58.7 Å². The third-order valence-electron chi connectivity index (χ3n) is 0.748.